The van der Waals surface area contributed by atoms with E-state index >= 15 is 0 Å². The van der Waals surface area contributed by atoms with Crippen LogP contribution in [0.3, 0.4) is 0 Å². The molecule has 0 fully saturated rings. The highest BCUT2D eigenvalue weighted by Crippen LogP contribution is 2.23. The zero-order chi connectivity index (χ0) is 20.8. The predicted molar refractivity (Wildman–Crippen MR) is 109 cm³/mol. The molecule has 3 aromatic carbocycles. The van der Waals surface area contributed by atoms with Crippen molar-refractivity contribution in [2.24, 2.45) is 0 Å². The van der Waals surface area contributed by atoms with Gasteiger partial charge in [-0.1, -0.05) is 35.9 Å². The molecule has 0 aromatic heterocycles. The monoisotopic (exact) mass is 390 g/mol. The van der Waals surface area contributed by atoms with Crippen LogP contribution in [0.2, 0.25) is 0 Å². The van der Waals surface area contributed by atoms with E-state index in [-0.39, 0.29) is 22.9 Å². The number of hydrogen-bond acceptors (Lipinski definition) is 4. The first-order chi connectivity index (χ1) is 14.0. The number of aryl methyl sites for hydroxylation is 1. The molecule has 4 nitrogen and oxygen atoms in total. The molecule has 3 aromatic rings. The van der Waals surface area contributed by atoms with Crippen LogP contribution in [0.4, 0.5) is 4.39 Å². The Morgan fingerprint density at radius 1 is 0.966 bits per heavy atom. The lowest BCUT2D eigenvalue weighted by molar-refractivity contribution is 0.0732. The lowest BCUT2D eigenvalue weighted by Crippen LogP contribution is -2.11. The van der Waals surface area contributed by atoms with E-state index in [4.69, 9.17) is 9.47 Å². The van der Waals surface area contributed by atoms with E-state index in [9.17, 15) is 14.0 Å². The molecule has 0 amide bonds. The Hall–Kier alpha value is -3.73. The fraction of sp³-hybridized carbons (Fsp3) is 0.0833. The maximum Gasteiger partial charge on any atom is 0.343 e. The second-order valence-corrected chi connectivity index (χ2v) is 6.37. The van der Waals surface area contributed by atoms with E-state index in [0.29, 0.717) is 16.9 Å². The molecule has 29 heavy (non-hydrogen) atoms. The zero-order valence-electron chi connectivity index (χ0n) is 16.0. The van der Waals surface area contributed by atoms with Crippen molar-refractivity contribution < 1.29 is 23.5 Å². The second-order valence-electron chi connectivity index (χ2n) is 6.37. The van der Waals surface area contributed by atoms with E-state index < -0.39 is 5.97 Å². The Morgan fingerprint density at radius 2 is 1.72 bits per heavy atom. The zero-order valence-corrected chi connectivity index (χ0v) is 16.0. The van der Waals surface area contributed by atoms with Gasteiger partial charge in [-0.3, -0.25) is 4.79 Å². The smallest absolute Gasteiger partial charge is 0.343 e. The number of carbonyl (C=O) groups is 2. The number of carbonyl (C=O) groups excluding carboxylic acids is 2. The van der Waals surface area contributed by atoms with Crippen molar-refractivity contribution in [3.05, 3.63) is 101 Å². The molecule has 0 N–H and O–H groups in total. The number of rotatable bonds is 6. The SMILES string of the molecule is COc1cccc(C(=O)Oc2ccc(C)cc2C(=O)C=Cc2ccc(F)cc2)c1. The maximum atomic E-state index is 13.0. The molecule has 0 saturated carbocycles. The average Bonchev–Trinajstić information content (AvgIpc) is 2.74. The molecule has 0 heterocycles. The third-order valence-electron chi connectivity index (χ3n) is 4.21. The Kier molecular flexibility index (Phi) is 6.19. The van der Waals surface area contributed by atoms with Crippen LogP contribution in [0, 0.1) is 12.7 Å². The van der Waals surface area contributed by atoms with Crippen molar-refractivity contribution in [2.75, 3.05) is 7.11 Å². The Balaban J connectivity index is 1.84. The normalized spacial score (nSPS) is 10.7. The van der Waals surface area contributed by atoms with E-state index in [1.807, 2.05) is 6.92 Å². The van der Waals surface area contributed by atoms with Gasteiger partial charge in [0.1, 0.15) is 17.3 Å². The van der Waals surface area contributed by atoms with Crippen molar-refractivity contribution in [1.82, 2.24) is 0 Å². The van der Waals surface area contributed by atoms with Gasteiger partial charge in [0.25, 0.3) is 0 Å². The summed E-state index contributed by atoms with van der Waals surface area (Å²) in [5.74, 6) is -0.575. The quantitative estimate of drug-likeness (QED) is 0.249. The van der Waals surface area contributed by atoms with Crippen LogP contribution in [0.1, 0.15) is 31.8 Å². The van der Waals surface area contributed by atoms with Crippen LogP contribution in [0.25, 0.3) is 6.08 Å². The molecule has 0 spiro atoms. The molecule has 0 aliphatic heterocycles. The molecule has 0 unspecified atom stereocenters. The first-order valence-corrected chi connectivity index (χ1v) is 8.91. The molecule has 146 valence electrons. The summed E-state index contributed by atoms with van der Waals surface area (Å²) >= 11 is 0. The largest absolute Gasteiger partial charge is 0.497 e. The van der Waals surface area contributed by atoms with Gasteiger partial charge in [-0.05, 0) is 61.0 Å². The number of ketones is 1. The van der Waals surface area contributed by atoms with E-state index in [1.54, 1.807) is 60.7 Å². The minimum atomic E-state index is -0.593. The van der Waals surface area contributed by atoms with Gasteiger partial charge in [-0.2, -0.15) is 0 Å². The van der Waals surface area contributed by atoms with Gasteiger partial charge in [0, 0.05) is 0 Å². The van der Waals surface area contributed by atoms with Crippen LogP contribution in [-0.4, -0.2) is 18.9 Å². The Labute approximate surface area is 168 Å². The Bertz CT molecular complexity index is 1070. The molecule has 0 bridgehead atoms. The minimum Gasteiger partial charge on any atom is -0.497 e. The summed E-state index contributed by atoms with van der Waals surface area (Å²) in [6.07, 6.45) is 2.95. The molecular formula is C24H19FO4. The number of methoxy groups -OCH3 is 1. The van der Waals surface area contributed by atoms with Gasteiger partial charge in [0.05, 0.1) is 18.2 Å². The molecule has 5 heteroatoms. The molecule has 0 saturated heterocycles. The first kappa shape index (κ1) is 20.0. The van der Waals surface area contributed by atoms with Crippen molar-refractivity contribution >= 4 is 17.8 Å². The van der Waals surface area contributed by atoms with E-state index in [2.05, 4.69) is 0 Å². The van der Waals surface area contributed by atoms with E-state index in [0.717, 1.165) is 5.56 Å². The van der Waals surface area contributed by atoms with Gasteiger partial charge in [0.15, 0.2) is 5.78 Å². The summed E-state index contributed by atoms with van der Waals surface area (Å²) in [6, 6.07) is 17.3. The summed E-state index contributed by atoms with van der Waals surface area (Å²) in [5, 5.41) is 0. The fourth-order valence-electron chi connectivity index (χ4n) is 2.67. The van der Waals surface area contributed by atoms with Gasteiger partial charge in [-0.15, -0.1) is 0 Å². The predicted octanol–water partition coefficient (Wildman–Crippen LogP) is 5.26. The van der Waals surface area contributed by atoms with Gasteiger partial charge < -0.3 is 9.47 Å². The molecule has 3 rings (SSSR count). The highest BCUT2D eigenvalue weighted by atomic mass is 19.1. The van der Waals surface area contributed by atoms with Crippen LogP contribution in [0.15, 0.2) is 72.8 Å². The summed E-state index contributed by atoms with van der Waals surface area (Å²) in [7, 11) is 1.51. The number of ether oxygens (including phenoxy) is 2. The third kappa shape index (κ3) is 5.17. The highest BCUT2D eigenvalue weighted by molar-refractivity contribution is 6.09. The van der Waals surface area contributed by atoms with Crippen molar-refractivity contribution in [3.8, 4) is 11.5 Å². The van der Waals surface area contributed by atoms with Crippen molar-refractivity contribution in [1.29, 1.82) is 0 Å². The molecule has 0 atom stereocenters. The fourth-order valence-corrected chi connectivity index (χ4v) is 2.67. The van der Waals surface area contributed by atoms with Crippen molar-refractivity contribution in [3.63, 3.8) is 0 Å². The highest BCUT2D eigenvalue weighted by Gasteiger charge is 2.16. The van der Waals surface area contributed by atoms with Gasteiger partial charge in [0.2, 0.25) is 0 Å². The number of halogens is 1. The lowest BCUT2D eigenvalue weighted by atomic mass is 10.0. The third-order valence-corrected chi connectivity index (χ3v) is 4.21. The number of esters is 1. The number of allylic oxidation sites excluding steroid dienone is 1. The summed E-state index contributed by atoms with van der Waals surface area (Å²) < 4.78 is 23.6. The van der Waals surface area contributed by atoms with E-state index in [1.165, 1.54) is 25.3 Å². The maximum absolute atomic E-state index is 13.0. The molecule has 0 aliphatic carbocycles. The summed E-state index contributed by atoms with van der Waals surface area (Å²) in [4.78, 5) is 25.2. The van der Waals surface area contributed by atoms with Crippen LogP contribution in [0.5, 0.6) is 11.5 Å². The minimum absolute atomic E-state index is 0.164. The standard InChI is InChI=1S/C24H19FO4/c1-16-6-13-23(29-24(27)18-4-3-5-20(15-18)28-2)21(14-16)22(26)12-9-17-7-10-19(25)11-8-17/h3-15H,1-2H3. The summed E-state index contributed by atoms with van der Waals surface area (Å²) in [5.41, 5.74) is 2.11. The first-order valence-electron chi connectivity index (χ1n) is 8.91. The summed E-state index contributed by atoms with van der Waals surface area (Å²) in [6.45, 7) is 1.84. The van der Waals surface area contributed by atoms with Crippen LogP contribution >= 0.6 is 0 Å². The molecule has 0 radical (unpaired) electrons. The number of benzene rings is 3. The van der Waals surface area contributed by atoms with Crippen LogP contribution < -0.4 is 9.47 Å². The molecular weight excluding hydrogens is 371 g/mol. The lowest BCUT2D eigenvalue weighted by Gasteiger charge is -2.10. The van der Waals surface area contributed by atoms with Gasteiger partial charge >= 0.3 is 5.97 Å². The Morgan fingerprint density at radius 3 is 2.45 bits per heavy atom. The van der Waals surface area contributed by atoms with Gasteiger partial charge in [-0.25, -0.2) is 9.18 Å². The molecule has 0 aliphatic rings. The van der Waals surface area contributed by atoms with Crippen LogP contribution in [-0.2, 0) is 0 Å². The number of hydrogen-bond donors (Lipinski definition) is 0. The van der Waals surface area contributed by atoms with Crippen molar-refractivity contribution in [2.45, 2.75) is 6.92 Å². The second kappa shape index (κ2) is 8.97. The topological polar surface area (TPSA) is 52.6 Å². The average molecular weight is 390 g/mol.